The van der Waals surface area contributed by atoms with E-state index in [2.05, 4.69) is 55.5 Å². The number of primary amides is 1. The number of amides is 9. The predicted octanol–water partition coefficient (Wildman–Crippen LogP) is 1.97. The van der Waals surface area contributed by atoms with E-state index in [9.17, 15) is 47.9 Å². The summed E-state index contributed by atoms with van der Waals surface area (Å²) in [6.45, 7) is 3.03. The van der Waals surface area contributed by atoms with Gasteiger partial charge in [0.15, 0.2) is 0 Å². The Balaban J connectivity index is -0.000000274. The summed E-state index contributed by atoms with van der Waals surface area (Å²) in [5.41, 5.74) is 5.22. The van der Waals surface area contributed by atoms with Gasteiger partial charge in [-0.3, -0.25) is 57.7 Å². The van der Waals surface area contributed by atoms with Crippen LogP contribution in [-0.2, 0) is 102 Å². The number of carbonyl (C=O) groups excluding carboxylic acids is 10. The van der Waals surface area contributed by atoms with Crippen molar-refractivity contribution >= 4 is 116 Å². The van der Waals surface area contributed by atoms with E-state index in [1.807, 2.05) is 0 Å². The SMILES string of the molecule is C.C.C.C.C.CNC(CCCCNC(=O)COCCOCCNC(=O)CCN1C(=O)C=CC1=O)C(=O)P=S.CNC(CCCCNC(=O)COCCOCCNC(=O)CCN1C(=O)C=CC1=O)C(N)=O.S=PP=S. The van der Waals surface area contributed by atoms with Crippen LogP contribution < -0.4 is 37.6 Å². The second-order valence-corrected chi connectivity index (χ2v) is 19.6. The van der Waals surface area contributed by atoms with Gasteiger partial charge in [0, 0.05) is 90.5 Å². The van der Waals surface area contributed by atoms with Crippen LogP contribution >= 0.6 is 21.4 Å². The first-order valence-corrected chi connectivity index (χ1v) is 28.2. The van der Waals surface area contributed by atoms with Crippen molar-refractivity contribution in [2.75, 3.05) is 106 Å². The molecule has 0 aromatic carbocycles. The molecule has 0 saturated heterocycles. The Kier molecular flexibility index (Phi) is 59.3. The molecule has 0 radical (unpaired) electrons. The topological polar surface area (TPSA) is 312 Å². The molecule has 0 bridgehead atoms. The third kappa shape index (κ3) is 42.3. The van der Waals surface area contributed by atoms with Crippen LogP contribution in [0.25, 0.3) is 0 Å². The van der Waals surface area contributed by atoms with Crippen LogP contribution in [0, 0.1) is 0 Å². The van der Waals surface area contributed by atoms with Gasteiger partial charge < -0.3 is 56.6 Å². The van der Waals surface area contributed by atoms with Crippen molar-refractivity contribution in [2.45, 2.75) is 101 Å². The number of carbonyl (C=O) groups is 10. The van der Waals surface area contributed by atoms with E-state index in [0.29, 0.717) is 33.3 Å². The summed E-state index contributed by atoms with van der Waals surface area (Å²) in [6, 6.07) is -0.591. The minimum absolute atomic E-state index is 0. The molecule has 74 heavy (non-hydrogen) atoms. The van der Waals surface area contributed by atoms with E-state index in [4.69, 9.17) is 36.5 Å². The lowest BCUT2D eigenvalue weighted by Crippen LogP contribution is -2.39. The molecule has 2 aliphatic rings. The van der Waals surface area contributed by atoms with Crippen molar-refractivity contribution in [3.63, 3.8) is 0 Å². The molecule has 2 rings (SSSR count). The lowest BCUT2D eigenvalue weighted by molar-refractivity contribution is -0.139. The molecule has 0 aromatic heterocycles. The summed E-state index contributed by atoms with van der Waals surface area (Å²) in [5.74, 6) is -3.07. The molecule has 2 atom stereocenters. The van der Waals surface area contributed by atoms with E-state index in [1.165, 1.54) is 24.3 Å². The maximum atomic E-state index is 11.7. The highest BCUT2D eigenvalue weighted by Crippen LogP contribution is 2.11. The van der Waals surface area contributed by atoms with Gasteiger partial charge in [0.25, 0.3) is 23.6 Å². The van der Waals surface area contributed by atoms with Gasteiger partial charge in [0.05, 0.1) is 59.1 Å². The molecule has 0 aromatic rings. The summed E-state index contributed by atoms with van der Waals surface area (Å²) in [7, 11) is 5.47. The number of likely N-dealkylation sites (N-methyl/N-ethyl adjacent to an activating group) is 2. The average molecular weight is 1160 g/mol. The maximum Gasteiger partial charge on any atom is 0.253 e. The molecular weight excluding hydrogens is 1080 g/mol. The molecule has 0 saturated carbocycles. The number of hydrogen-bond acceptors (Lipinski definition) is 19. The first kappa shape index (κ1) is 81.5. The fraction of sp³-hybridized carbons (Fsp3) is 0.689. The quantitative estimate of drug-likeness (QED) is 0.0264. The second-order valence-electron chi connectivity index (χ2n) is 14.2. The monoisotopic (exact) mass is 1160 g/mol. The van der Waals surface area contributed by atoms with E-state index in [0.717, 1.165) is 49.6 Å². The lowest BCUT2D eigenvalue weighted by Gasteiger charge is -2.13. The molecule has 0 spiro atoms. The largest absolute Gasteiger partial charge is 0.377 e. The predicted molar refractivity (Wildman–Crippen MR) is 300 cm³/mol. The van der Waals surface area contributed by atoms with Gasteiger partial charge in [-0.2, -0.15) is 0 Å². The lowest BCUT2D eigenvalue weighted by atomic mass is 10.1. The third-order valence-corrected chi connectivity index (χ3v) is 12.9. The summed E-state index contributed by atoms with van der Waals surface area (Å²) in [4.78, 5) is 117. The number of rotatable bonds is 38. The molecule has 8 N–H and O–H groups in total. The smallest absolute Gasteiger partial charge is 0.253 e. The Morgan fingerprint density at radius 1 is 0.514 bits per heavy atom. The van der Waals surface area contributed by atoms with Crippen LogP contribution in [0.1, 0.15) is 88.5 Å². The summed E-state index contributed by atoms with van der Waals surface area (Å²) in [6.07, 6.45) is 9.08. The Hall–Kier alpha value is -3.90. The van der Waals surface area contributed by atoms with E-state index in [-0.39, 0.29) is 176 Å². The van der Waals surface area contributed by atoms with Crippen LogP contribution in [0.5, 0.6) is 0 Å². The van der Waals surface area contributed by atoms with Crippen LogP contribution in [0.2, 0.25) is 0 Å². The molecule has 2 heterocycles. The van der Waals surface area contributed by atoms with Crippen molar-refractivity contribution in [3.05, 3.63) is 24.3 Å². The van der Waals surface area contributed by atoms with Gasteiger partial charge in [-0.1, -0.05) is 37.1 Å². The first-order valence-electron chi connectivity index (χ1n) is 21.8. The highest BCUT2D eigenvalue weighted by Gasteiger charge is 2.24. The number of hydrogen-bond donors (Lipinski definition) is 7. The Bertz CT molecular complexity index is 1730. The average Bonchev–Trinajstić information content (AvgIpc) is 3.84. The third-order valence-electron chi connectivity index (χ3n) is 9.22. The van der Waals surface area contributed by atoms with Crippen LogP contribution in [0.3, 0.4) is 0 Å². The van der Waals surface area contributed by atoms with Crippen molar-refractivity contribution in [1.29, 1.82) is 0 Å². The number of nitrogens with two attached hydrogens (primary N) is 1. The fourth-order valence-electron chi connectivity index (χ4n) is 5.59. The van der Waals surface area contributed by atoms with Gasteiger partial charge in [0.1, 0.15) is 13.2 Å². The van der Waals surface area contributed by atoms with E-state index in [1.54, 1.807) is 14.1 Å². The molecule has 2 unspecified atom stereocenters. The zero-order valence-corrected chi connectivity index (χ0v) is 43.9. The number of nitrogens with one attached hydrogen (secondary N) is 6. The van der Waals surface area contributed by atoms with Crippen LogP contribution in [-0.4, -0.2) is 187 Å². The van der Waals surface area contributed by atoms with Crippen LogP contribution in [0.15, 0.2) is 24.3 Å². The van der Waals surface area contributed by atoms with Gasteiger partial charge in [0.2, 0.25) is 35.1 Å². The van der Waals surface area contributed by atoms with Crippen molar-refractivity contribution in [3.8, 4) is 0 Å². The molecule has 0 fully saturated rings. The van der Waals surface area contributed by atoms with Gasteiger partial charge in [-0.25, -0.2) is 0 Å². The molecule has 2 aliphatic heterocycles. The number of unbranched alkanes of at least 4 members (excludes halogenated alkanes) is 2. The summed E-state index contributed by atoms with van der Waals surface area (Å²) >= 11 is 13.6. The number of imide groups is 2. The standard InChI is InChI=1S/C20H33N5O7.C20H31N4O7PS.5CH4.P2S2/c1-22-15(20(21)30)4-2-3-8-23-17(27)14-32-13-12-31-11-9-24-16(26)7-10-25-18(28)5-6-19(25)29;1-21-15(20(29)32-33)4-2-3-8-22-17(26)14-31-13-12-30-11-9-23-16(25)7-10-24-18(27)5-6-19(24)28;;;;;;3-1-2-4/h5-6,15,22H,2-4,7-14H2,1H3,(H2,21,30)(H,23,27)(H,24,26);5-6,15,21H,2-4,7-14H2,1H3,(H,22,26)(H,23,25);5*1H4;. The zero-order valence-electron chi connectivity index (χ0n) is 38.8. The molecule has 29 heteroatoms. The zero-order chi connectivity index (χ0) is 51.7. The van der Waals surface area contributed by atoms with Gasteiger partial charge >= 0.3 is 0 Å². The normalized spacial score (nSPS) is 12.8. The van der Waals surface area contributed by atoms with E-state index < -0.39 is 23.6 Å². The number of nitrogens with zero attached hydrogens (tertiary/aromatic N) is 2. The minimum atomic E-state index is -0.414. The van der Waals surface area contributed by atoms with Crippen molar-refractivity contribution in [2.24, 2.45) is 5.73 Å². The summed E-state index contributed by atoms with van der Waals surface area (Å²) in [5, 5.41) is 16.5. The Morgan fingerprint density at radius 2 is 0.851 bits per heavy atom. The fourth-order valence-corrected chi connectivity index (χ4v) is 6.36. The Labute approximate surface area is 458 Å². The molecule has 0 aliphatic carbocycles. The van der Waals surface area contributed by atoms with Crippen molar-refractivity contribution in [1.82, 2.24) is 41.7 Å². The molecule has 9 amide bonds. The molecule has 23 nitrogen and oxygen atoms in total. The second kappa shape index (κ2) is 53.9. The Morgan fingerprint density at radius 3 is 1.18 bits per heavy atom. The molecular formula is C45H84N9O14P3S3. The summed E-state index contributed by atoms with van der Waals surface area (Å²) < 4.78 is 21.1. The highest BCUT2D eigenvalue weighted by atomic mass is 32.7. The minimum Gasteiger partial charge on any atom is -0.377 e. The number of ether oxygens (including phenoxy) is 4. The molecule has 426 valence electrons. The van der Waals surface area contributed by atoms with Gasteiger partial charge in [-0.05, 0) is 88.0 Å². The van der Waals surface area contributed by atoms with E-state index >= 15 is 0 Å². The van der Waals surface area contributed by atoms with Crippen LogP contribution in [0.4, 0.5) is 0 Å². The van der Waals surface area contributed by atoms with Gasteiger partial charge in [-0.15, -0.1) is 0 Å². The highest BCUT2D eigenvalue weighted by molar-refractivity contribution is 8.40. The maximum absolute atomic E-state index is 11.7. The van der Waals surface area contributed by atoms with Crippen molar-refractivity contribution < 1.29 is 66.9 Å². The first-order chi connectivity index (χ1) is 33.1.